The minimum absolute atomic E-state index is 0.101. The van der Waals surface area contributed by atoms with E-state index in [9.17, 15) is 14.9 Å². The lowest BCUT2D eigenvalue weighted by atomic mass is 10.2. The largest absolute Gasteiger partial charge is 0.344 e. The lowest BCUT2D eigenvalue weighted by Gasteiger charge is -2.23. The Balaban J connectivity index is 2.35. The number of amides is 2. The number of hydrazine groups is 1. The molecule has 2 rings (SSSR count). The van der Waals surface area contributed by atoms with E-state index in [0.717, 1.165) is 5.01 Å². The van der Waals surface area contributed by atoms with Crippen molar-refractivity contribution in [3.8, 4) is 0 Å². The number of anilines is 1. The number of hydrogen-bond acceptors (Lipinski definition) is 5. The van der Waals surface area contributed by atoms with E-state index in [1.54, 1.807) is 0 Å². The first kappa shape index (κ1) is 16.2. The van der Waals surface area contributed by atoms with Crippen LogP contribution < -0.4 is 10.3 Å². The van der Waals surface area contributed by atoms with Crippen LogP contribution in [0.15, 0.2) is 24.3 Å². The first-order valence-corrected chi connectivity index (χ1v) is 7.02. The lowest BCUT2D eigenvalue weighted by molar-refractivity contribution is -0.384. The summed E-state index contributed by atoms with van der Waals surface area (Å²) in [6, 6.07) is 4.70. The number of urea groups is 1. The summed E-state index contributed by atoms with van der Waals surface area (Å²) in [6.45, 7) is 0. The van der Waals surface area contributed by atoms with Crippen molar-refractivity contribution in [2.24, 2.45) is 0 Å². The number of alkyl halides is 3. The third-order valence-corrected chi connectivity index (χ3v) is 3.42. The van der Waals surface area contributed by atoms with Gasteiger partial charge in [-0.2, -0.15) is 5.43 Å². The molecule has 1 N–H and O–H groups in total. The van der Waals surface area contributed by atoms with E-state index in [-0.39, 0.29) is 5.69 Å². The molecule has 0 spiro atoms. The second-order valence-electron chi connectivity index (χ2n) is 3.94. The summed E-state index contributed by atoms with van der Waals surface area (Å²) in [5.74, 6) is 0. The average Bonchev–Trinajstić information content (AvgIpc) is 2.75. The zero-order valence-corrected chi connectivity index (χ0v) is 13.2. The molecule has 1 unspecified atom stereocenters. The van der Waals surface area contributed by atoms with Crippen LogP contribution in [0.3, 0.4) is 0 Å². The van der Waals surface area contributed by atoms with Crippen LogP contribution in [0.5, 0.6) is 0 Å². The number of carbonyl (C=O) groups is 1. The number of nitrogens with one attached hydrogen (secondary N) is 1. The third-order valence-electron chi connectivity index (χ3n) is 2.66. The molecule has 1 saturated heterocycles. The number of halogens is 3. The Bertz CT molecular complexity index is 592. The van der Waals surface area contributed by atoms with Gasteiger partial charge in [-0.25, -0.2) is 9.80 Å². The number of nitro groups is 1. The smallest absolute Gasteiger partial charge is 0.271 e. The van der Waals surface area contributed by atoms with Gasteiger partial charge < -0.3 is 0 Å². The predicted octanol–water partition coefficient (Wildman–Crippen LogP) is 2.99. The van der Waals surface area contributed by atoms with Crippen molar-refractivity contribution < 1.29 is 9.72 Å². The summed E-state index contributed by atoms with van der Waals surface area (Å²) in [5, 5.41) is 12.7. The fraction of sp³-hybridized carbons (Fsp3) is 0.200. The summed E-state index contributed by atoms with van der Waals surface area (Å²) in [5.41, 5.74) is 2.91. The van der Waals surface area contributed by atoms with Gasteiger partial charge in [-0.05, 0) is 12.1 Å². The minimum Gasteiger partial charge on any atom is -0.271 e. The zero-order chi connectivity index (χ0) is 15.8. The summed E-state index contributed by atoms with van der Waals surface area (Å²) < 4.78 is -2.00. The van der Waals surface area contributed by atoms with Gasteiger partial charge in [-0.3, -0.25) is 15.0 Å². The highest BCUT2D eigenvalue weighted by Gasteiger charge is 2.46. The van der Waals surface area contributed by atoms with Crippen LogP contribution in [0.4, 0.5) is 16.2 Å². The van der Waals surface area contributed by atoms with Gasteiger partial charge in [0.1, 0.15) is 6.17 Å². The van der Waals surface area contributed by atoms with Gasteiger partial charge in [0.15, 0.2) is 0 Å². The molecule has 1 aromatic carbocycles. The number of nitrogens with zero attached hydrogens (tertiary/aromatic N) is 3. The number of benzene rings is 1. The monoisotopic (exact) mass is 368 g/mol. The normalized spacial score (nSPS) is 19.0. The van der Waals surface area contributed by atoms with Crippen molar-refractivity contribution >= 4 is 69.8 Å². The van der Waals surface area contributed by atoms with E-state index >= 15 is 0 Å². The van der Waals surface area contributed by atoms with Crippen molar-refractivity contribution in [2.75, 3.05) is 4.90 Å². The molecule has 1 aliphatic heterocycles. The van der Waals surface area contributed by atoms with Crippen molar-refractivity contribution in [2.45, 2.75) is 10.1 Å². The molecule has 21 heavy (non-hydrogen) atoms. The summed E-state index contributed by atoms with van der Waals surface area (Å²) >= 11 is 21.9. The van der Waals surface area contributed by atoms with Gasteiger partial charge >= 0.3 is 6.03 Å². The molecule has 1 atom stereocenters. The molecule has 0 saturated carbocycles. The number of carbonyl (C=O) groups excluding carboxylic acids is 1. The van der Waals surface area contributed by atoms with Gasteiger partial charge in [0, 0.05) is 23.2 Å². The Hall–Kier alpha value is -1.19. The van der Waals surface area contributed by atoms with Crippen molar-refractivity contribution in [3.05, 3.63) is 34.4 Å². The molecular formula is C10H7Cl3N4O3S. The standard InChI is InChI=1S/C10H7Cl3N4O3S/c11-10(12,13)16-9(18)15(8(5-21)14-16)6-1-3-7(4-2-6)17(19)20/h1-5,8,14H. The Morgan fingerprint density at radius 3 is 2.33 bits per heavy atom. The van der Waals surface area contributed by atoms with Crippen LogP contribution in [0.25, 0.3) is 0 Å². The van der Waals surface area contributed by atoms with E-state index < -0.39 is 21.0 Å². The van der Waals surface area contributed by atoms with E-state index in [4.69, 9.17) is 47.0 Å². The second-order valence-corrected chi connectivity index (χ2v) is 6.43. The molecule has 11 heteroatoms. The number of nitro benzene ring substituents is 1. The summed E-state index contributed by atoms with van der Waals surface area (Å²) in [6.07, 6.45) is -0.718. The molecule has 1 fully saturated rings. The van der Waals surface area contributed by atoms with Gasteiger partial charge in [0.05, 0.1) is 4.92 Å². The maximum atomic E-state index is 12.3. The Labute approximate surface area is 139 Å². The summed E-state index contributed by atoms with van der Waals surface area (Å²) in [4.78, 5) is 23.6. The lowest BCUT2D eigenvalue weighted by Crippen LogP contribution is -2.45. The van der Waals surface area contributed by atoms with Crippen molar-refractivity contribution in [1.82, 2.24) is 10.4 Å². The molecule has 1 aliphatic rings. The van der Waals surface area contributed by atoms with Gasteiger partial charge in [0.2, 0.25) is 0 Å². The highest BCUT2D eigenvalue weighted by atomic mass is 35.6. The van der Waals surface area contributed by atoms with Gasteiger partial charge in [0.25, 0.3) is 9.60 Å². The van der Waals surface area contributed by atoms with E-state index in [1.807, 2.05) is 0 Å². The Morgan fingerprint density at radius 2 is 1.90 bits per heavy atom. The zero-order valence-electron chi connectivity index (χ0n) is 10.1. The number of non-ortho nitro benzene ring substituents is 1. The molecule has 2 amide bonds. The average molecular weight is 370 g/mol. The Morgan fingerprint density at radius 1 is 1.33 bits per heavy atom. The Kier molecular flexibility index (Phi) is 4.54. The van der Waals surface area contributed by atoms with Crippen LogP contribution in [0, 0.1) is 10.1 Å². The van der Waals surface area contributed by atoms with Crippen LogP contribution in [-0.4, -0.2) is 31.4 Å². The molecule has 1 aromatic rings. The first-order valence-electron chi connectivity index (χ1n) is 5.42. The van der Waals surface area contributed by atoms with Crippen molar-refractivity contribution in [1.29, 1.82) is 0 Å². The van der Waals surface area contributed by atoms with Crippen LogP contribution in [0.2, 0.25) is 0 Å². The highest BCUT2D eigenvalue weighted by Crippen LogP contribution is 2.35. The molecule has 112 valence electrons. The molecule has 0 aromatic heterocycles. The van der Waals surface area contributed by atoms with E-state index in [1.165, 1.54) is 34.5 Å². The molecule has 0 radical (unpaired) electrons. The molecular weight excluding hydrogens is 363 g/mol. The second kappa shape index (κ2) is 5.90. The fourth-order valence-corrected chi connectivity index (χ4v) is 2.30. The van der Waals surface area contributed by atoms with E-state index in [2.05, 4.69) is 5.43 Å². The highest BCUT2D eigenvalue weighted by molar-refractivity contribution is 7.79. The number of rotatable bonds is 3. The first-order chi connectivity index (χ1) is 9.75. The maximum Gasteiger partial charge on any atom is 0.344 e. The third kappa shape index (κ3) is 3.19. The van der Waals surface area contributed by atoms with Crippen LogP contribution >= 0.6 is 47.0 Å². The minimum atomic E-state index is -2.00. The van der Waals surface area contributed by atoms with Crippen molar-refractivity contribution in [3.63, 3.8) is 0 Å². The van der Waals surface area contributed by atoms with Gasteiger partial charge in [-0.1, -0.05) is 47.0 Å². The number of hydrogen-bond donors (Lipinski definition) is 1. The number of thiocarbonyl (C=S) groups is 1. The SMILES string of the molecule is O=C1N(c2ccc([N+](=O)[O-])cc2)C(C=S)NN1C(Cl)(Cl)Cl. The topological polar surface area (TPSA) is 78.7 Å². The summed E-state index contributed by atoms with van der Waals surface area (Å²) in [7, 11) is 0. The van der Waals surface area contributed by atoms with E-state index in [0.29, 0.717) is 5.69 Å². The molecule has 7 nitrogen and oxygen atoms in total. The molecule has 0 bridgehead atoms. The quantitative estimate of drug-likeness (QED) is 0.291. The molecule has 1 heterocycles. The van der Waals surface area contributed by atoms with Gasteiger partial charge in [-0.15, -0.1) is 0 Å². The van der Waals surface area contributed by atoms with Crippen LogP contribution in [0.1, 0.15) is 0 Å². The molecule has 0 aliphatic carbocycles. The maximum absolute atomic E-state index is 12.3. The van der Waals surface area contributed by atoms with Crippen LogP contribution in [-0.2, 0) is 0 Å². The fourth-order valence-electron chi connectivity index (χ4n) is 1.75. The predicted molar refractivity (Wildman–Crippen MR) is 83.7 cm³/mol.